The summed E-state index contributed by atoms with van der Waals surface area (Å²) in [6.07, 6.45) is 22.5. The van der Waals surface area contributed by atoms with Crippen molar-refractivity contribution in [2.45, 2.75) is 149 Å². The highest BCUT2D eigenvalue weighted by molar-refractivity contribution is 7.14. The van der Waals surface area contributed by atoms with Crippen LogP contribution in [0.3, 0.4) is 0 Å². The standard InChI is InChI=1S/C44H58F2O5S/c1-4-6-8-10-11-12-13-14-15-16-17-18-19-21-33-49-39-31-30-38(41(45)42(39)46)43(47)51-36-26-23-35(24-27-36)25-28-37-29-32-40(52-37)44(48)50-34(3)22-20-9-7-5-2/h23-24,26-27,29-32,34H,4-22,33H2,1-3H3. The number of rotatable bonds is 25. The molecule has 0 radical (unpaired) electrons. The van der Waals surface area contributed by atoms with Gasteiger partial charge in [-0.3, -0.25) is 0 Å². The van der Waals surface area contributed by atoms with E-state index in [1.165, 1.54) is 119 Å². The molecule has 52 heavy (non-hydrogen) atoms. The van der Waals surface area contributed by atoms with Crippen LogP contribution in [0.5, 0.6) is 11.5 Å². The van der Waals surface area contributed by atoms with Crippen molar-refractivity contribution in [2.24, 2.45) is 0 Å². The molecular formula is C44H58F2O5S. The summed E-state index contributed by atoms with van der Waals surface area (Å²) in [6.45, 7) is 6.61. The minimum Gasteiger partial charge on any atom is -0.490 e. The maximum atomic E-state index is 14.8. The highest BCUT2D eigenvalue weighted by atomic mass is 32.1. The van der Waals surface area contributed by atoms with Gasteiger partial charge in [-0.25, -0.2) is 14.0 Å². The average Bonchev–Trinajstić information content (AvgIpc) is 3.62. The maximum absolute atomic E-state index is 14.8. The Morgan fingerprint density at radius 1 is 0.654 bits per heavy atom. The van der Waals surface area contributed by atoms with Crippen LogP contribution in [-0.4, -0.2) is 24.6 Å². The normalized spacial score (nSPS) is 11.5. The Morgan fingerprint density at radius 3 is 1.85 bits per heavy atom. The summed E-state index contributed by atoms with van der Waals surface area (Å²) in [5.41, 5.74) is 0.138. The molecule has 0 saturated carbocycles. The molecule has 0 aliphatic heterocycles. The smallest absolute Gasteiger partial charge is 0.348 e. The lowest BCUT2D eigenvalue weighted by Gasteiger charge is -2.12. The number of ether oxygens (including phenoxy) is 3. The van der Waals surface area contributed by atoms with Gasteiger partial charge < -0.3 is 14.2 Å². The van der Waals surface area contributed by atoms with E-state index in [4.69, 9.17) is 14.2 Å². The number of unbranched alkanes of at least 4 members (excludes halogenated alkanes) is 16. The number of halogens is 2. The molecule has 0 aliphatic carbocycles. The van der Waals surface area contributed by atoms with E-state index in [9.17, 15) is 18.4 Å². The molecule has 1 heterocycles. The van der Waals surface area contributed by atoms with E-state index >= 15 is 0 Å². The molecule has 0 saturated heterocycles. The summed E-state index contributed by atoms with van der Waals surface area (Å²) >= 11 is 1.27. The van der Waals surface area contributed by atoms with Gasteiger partial charge in [-0.1, -0.05) is 128 Å². The Bertz CT molecular complexity index is 1540. The van der Waals surface area contributed by atoms with E-state index in [2.05, 4.69) is 25.7 Å². The molecule has 1 aromatic heterocycles. The molecule has 0 fully saturated rings. The summed E-state index contributed by atoms with van der Waals surface area (Å²) in [5.74, 6) is 2.15. The molecule has 284 valence electrons. The average molecular weight is 737 g/mol. The lowest BCUT2D eigenvalue weighted by atomic mass is 10.0. The molecule has 5 nitrogen and oxygen atoms in total. The minimum absolute atomic E-state index is 0.133. The van der Waals surface area contributed by atoms with Gasteiger partial charge in [0.05, 0.1) is 23.2 Å². The number of hydrogen-bond acceptors (Lipinski definition) is 6. The Balaban J connectivity index is 1.36. The summed E-state index contributed by atoms with van der Waals surface area (Å²) in [4.78, 5) is 26.4. The quantitative estimate of drug-likeness (QED) is 0.0375. The molecule has 3 rings (SSSR count). The fourth-order valence-corrected chi connectivity index (χ4v) is 6.60. The van der Waals surface area contributed by atoms with Crippen molar-refractivity contribution in [3.8, 4) is 23.3 Å². The molecule has 0 bridgehead atoms. The Labute approximate surface area is 314 Å². The van der Waals surface area contributed by atoms with Crippen LogP contribution in [0.4, 0.5) is 8.78 Å². The Kier molecular flexibility index (Phi) is 20.8. The van der Waals surface area contributed by atoms with E-state index < -0.39 is 23.2 Å². The van der Waals surface area contributed by atoms with Gasteiger partial charge >= 0.3 is 11.9 Å². The predicted molar refractivity (Wildman–Crippen MR) is 208 cm³/mol. The molecule has 8 heteroatoms. The predicted octanol–water partition coefficient (Wildman–Crippen LogP) is 13.0. The van der Waals surface area contributed by atoms with E-state index in [0.717, 1.165) is 38.5 Å². The van der Waals surface area contributed by atoms with Crippen molar-refractivity contribution in [1.82, 2.24) is 0 Å². The molecule has 0 amide bonds. The van der Waals surface area contributed by atoms with Gasteiger partial charge in [0.2, 0.25) is 5.82 Å². The van der Waals surface area contributed by atoms with Crippen LogP contribution >= 0.6 is 11.3 Å². The van der Waals surface area contributed by atoms with Crippen molar-refractivity contribution >= 4 is 23.3 Å². The van der Waals surface area contributed by atoms with Crippen LogP contribution in [0.25, 0.3) is 0 Å². The van der Waals surface area contributed by atoms with E-state index in [-0.39, 0.29) is 30.2 Å². The number of thiophene rings is 1. The number of benzene rings is 2. The molecule has 3 aromatic rings. The highest BCUT2D eigenvalue weighted by Crippen LogP contribution is 2.25. The van der Waals surface area contributed by atoms with Crippen molar-refractivity contribution in [3.05, 3.63) is 81.0 Å². The largest absolute Gasteiger partial charge is 0.490 e. The van der Waals surface area contributed by atoms with Gasteiger partial charge in [0, 0.05) is 5.56 Å². The van der Waals surface area contributed by atoms with Crippen molar-refractivity contribution in [1.29, 1.82) is 0 Å². The van der Waals surface area contributed by atoms with Gasteiger partial charge in [-0.15, -0.1) is 11.3 Å². The molecule has 0 N–H and O–H groups in total. The number of esters is 2. The van der Waals surface area contributed by atoms with E-state index in [0.29, 0.717) is 15.3 Å². The molecular weight excluding hydrogens is 679 g/mol. The fourth-order valence-electron chi connectivity index (χ4n) is 5.85. The zero-order valence-corrected chi connectivity index (χ0v) is 32.4. The van der Waals surface area contributed by atoms with Crippen LogP contribution in [0.2, 0.25) is 0 Å². The van der Waals surface area contributed by atoms with Crippen molar-refractivity contribution in [3.63, 3.8) is 0 Å². The molecule has 2 aromatic carbocycles. The van der Waals surface area contributed by atoms with Crippen LogP contribution < -0.4 is 9.47 Å². The lowest BCUT2D eigenvalue weighted by molar-refractivity contribution is 0.0325. The van der Waals surface area contributed by atoms with Crippen molar-refractivity contribution < 1.29 is 32.6 Å². The van der Waals surface area contributed by atoms with Gasteiger partial charge in [0.15, 0.2) is 11.6 Å². The number of carbonyl (C=O) groups excluding carboxylic acids is 2. The first-order chi connectivity index (χ1) is 25.3. The highest BCUT2D eigenvalue weighted by Gasteiger charge is 2.21. The van der Waals surface area contributed by atoms with Gasteiger partial charge in [-0.05, 0) is 74.7 Å². The third-order valence-electron chi connectivity index (χ3n) is 9.00. The Morgan fingerprint density at radius 2 is 1.23 bits per heavy atom. The second kappa shape index (κ2) is 25.3. The maximum Gasteiger partial charge on any atom is 0.348 e. The lowest BCUT2D eigenvalue weighted by Crippen LogP contribution is -2.14. The summed E-state index contributed by atoms with van der Waals surface area (Å²) in [7, 11) is 0. The van der Waals surface area contributed by atoms with E-state index in [1.807, 2.05) is 6.92 Å². The summed E-state index contributed by atoms with van der Waals surface area (Å²) in [6, 6.07) is 12.3. The van der Waals surface area contributed by atoms with Gasteiger partial charge in [-0.2, -0.15) is 4.39 Å². The molecule has 1 atom stereocenters. The van der Waals surface area contributed by atoms with Crippen LogP contribution in [0.1, 0.15) is 173 Å². The molecule has 1 unspecified atom stereocenters. The second-order valence-corrected chi connectivity index (χ2v) is 14.7. The molecule has 0 aliphatic rings. The zero-order chi connectivity index (χ0) is 37.4. The van der Waals surface area contributed by atoms with E-state index in [1.54, 1.807) is 24.3 Å². The van der Waals surface area contributed by atoms with Crippen molar-refractivity contribution in [2.75, 3.05) is 6.61 Å². The Hall–Kier alpha value is -3.70. The zero-order valence-electron chi connectivity index (χ0n) is 31.5. The van der Waals surface area contributed by atoms with Crippen LogP contribution in [-0.2, 0) is 4.74 Å². The minimum atomic E-state index is -1.30. The van der Waals surface area contributed by atoms with Gasteiger partial charge in [0.25, 0.3) is 0 Å². The topological polar surface area (TPSA) is 61.8 Å². The number of hydrogen-bond donors (Lipinski definition) is 0. The second-order valence-electron chi connectivity index (χ2n) is 13.6. The monoisotopic (exact) mass is 736 g/mol. The SMILES string of the molecule is CCCCCCCCCCCCCCCCOc1ccc(C(=O)Oc2ccc(C#Cc3ccc(C(=O)OC(C)CCCCCC)s3)cc2)c(F)c1F. The third-order valence-corrected chi connectivity index (χ3v) is 9.98. The first-order valence-corrected chi connectivity index (χ1v) is 20.4. The van der Waals surface area contributed by atoms with Gasteiger partial charge in [0.1, 0.15) is 10.6 Å². The third kappa shape index (κ3) is 16.3. The fraction of sp³-hybridized carbons (Fsp3) is 0.545. The van der Waals surface area contributed by atoms with Crippen LogP contribution in [0.15, 0.2) is 48.5 Å². The summed E-state index contributed by atoms with van der Waals surface area (Å²) < 4.78 is 45.9. The number of carbonyl (C=O) groups is 2. The van der Waals surface area contributed by atoms with Crippen LogP contribution in [0, 0.1) is 23.5 Å². The summed E-state index contributed by atoms with van der Waals surface area (Å²) in [5, 5.41) is 0. The molecule has 0 spiro atoms. The first-order valence-electron chi connectivity index (χ1n) is 19.6. The first kappa shape index (κ1) is 42.7.